The SMILES string of the molecule is CC1(C)OB(c2ccc(N(c3ccc(-c4ccccc4)cc3)c3ccc(-c4ccc(-c5ccc(-c6cccc7c6oc6ccccc67)c6c5C(c5ccccc5)(c5ccccc5)c5cc(-c7ccc(N(c8ccc(-c9ccccc9)cc8)c8ccc(-c9ccccc9)cc8)c8ccccc78)ccc5-6)cc4)cc3)c3ccccc23)OC1(C)C. The summed E-state index contributed by atoms with van der Waals surface area (Å²) in [4.78, 5) is 4.81. The standard InChI is InChI=1S/C111H81BN2O3/c1-109(2)110(3,4)117-112(116-109)102-70-72-104(95-40-23-21-38-93(95)102)114(88-62-53-80(54-63-88)76-31-14-7-15-32-76)89-64-55-81(56-65-89)77-45-47-82(48-46-77)91-67-68-97(99-43-26-42-98-96-41-24-25-44-105(96)115-108(98)99)106-100-66-57-83(73-101(100)111(107(91)106,84-33-16-8-17-34-84)85-35-18-9-19-36-85)90-69-71-103(94-39-22-20-37-92(90)94)113(86-58-49-78(50-59-86)74-27-10-5-11-28-74)87-60-51-79(52-61-87)75-29-12-6-13-30-75/h5-73H,1-4H3. The van der Waals surface area contributed by atoms with Gasteiger partial charge in [0, 0.05) is 49.9 Å². The molecule has 0 amide bonds. The van der Waals surface area contributed by atoms with Gasteiger partial charge in [0.1, 0.15) is 11.2 Å². The molecule has 1 saturated heterocycles. The predicted molar refractivity (Wildman–Crippen MR) is 489 cm³/mol. The number of furan rings is 1. The molecule has 0 radical (unpaired) electrons. The number of benzene rings is 18. The lowest BCUT2D eigenvalue weighted by atomic mass is 9.65. The highest BCUT2D eigenvalue weighted by molar-refractivity contribution is 6.65. The van der Waals surface area contributed by atoms with E-state index in [1.54, 1.807) is 0 Å². The van der Waals surface area contributed by atoms with Crippen molar-refractivity contribution in [1.82, 2.24) is 0 Å². The lowest BCUT2D eigenvalue weighted by Gasteiger charge is -2.36. The van der Waals surface area contributed by atoms with E-state index in [0.29, 0.717) is 0 Å². The van der Waals surface area contributed by atoms with Crippen LogP contribution in [0.2, 0.25) is 0 Å². The molecule has 2 aliphatic rings. The number of rotatable bonds is 16. The highest BCUT2D eigenvalue weighted by Gasteiger charge is 2.53. The van der Waals surface area contributed by atoms with Crippen LogP contribution in [0.25, 0.3) is 132 Å². The van der Waals surface area contributed by atoms with Gasteiger partial charge in [0.2, 0.25) is 0 Å². The summed E-state index contributed by atoms with van der Waals surface area (Å²) >= 11 is 0. The third kappa shape index (κ3) is 12.1. The molecule has 0 unspecified atom stereocenters. The second-order valence-electron chi connectivity index (χ2n) is 32.0. The quantitative estimate of drug-likeness (QED) is 0.0902. The lowest BCUT2D eigenvalue weighted by molar-refractivity contribution is 0.00578. The molecular weight excluding hydrogens is 1420 g/mol. The summed E-state index contributed by atoms with van der Waals surface area (Å²) in [5.41, 5.74) is 30.3. The van der Waals surface area contributed by atoms with Gasteiger partial charge >= 0.3 is 7.12 Å². The van der Waals surface area contributed by atoms with E-state index in [1.807, 2.05) is 0 Å². The Kier molecular flexibility index (Phi) is 17.4. The maximum Gasteiger partial charge on any atom is 0.495 e. The third-order valence-corrected chi connectivity index (χ3v) is 24.9. The van der Waals surface area contributed by atoms with Gasteiger partial charge in [-0.2, -0.15) is 0 Å². The fraction of sp³-hybridized carbons (Fsp3) is 0.0631. The Morgan fingerprint density at radius 2 is 0.607 bits per heavy atom. The smallest absolute Gasteiger partial charge is 0.455 e. The van der Waals surface area contributed by atoms with Gasteiger partial charge in [0.15, 0.2) is 0 Å². The van der Waals surface area contributed by atoms with Crippen LogP contribution >= 0.6 is 0 Å². The first-order valence-corrected chi connectivity index (χ1v) is 40.5. The van der Waals surface area contributed by atoms with E-state index in [0.717, 1.165) is 133 Å². The average molecular weight is 1500 g/mol. The molecule has 18 aromatic carbocycles. The predicted octanol–water partition coefficient (Wildman–Crippen LogP) is 29.2. The zero-order valence-electron chi connectivity index (χ0n) is 65.5. The molecule has 0 N–H and O–H groups in total. The van der Waals surface area contributed by atoms with E-state index in [4.69, 9.17) is 13.7 Å². The lowest BCUT2D eigenvalue weighted by Crippen LogP contribution is -2.41. The Bertz CT molecular complexity index is 6810. The molecule has 1 aromatic heterocycles. The van der Waals surface area contributed by atoms with Gasteiger partial charge in [-0.15, -0.1) is 0 Å². The van der Waals surface area contributed by atoms with Crippen molar-refractivity contribution >= 4 is 90.2 Å². The Labute approximate surface area is 683 Å². The first-order valence-electron chi connectivity index (χ1n) is 40.5. The molecule has 0 bridgehead atoms. The highest BCUT2D eigenvalue weighted by Crippen LogP contribution is 2.63. The number of hydrogen-bond acceptors (Lipinski definition) is 5. The van der Waals surface area contributed by atoms with Crippen LogP contribution in [-0.2, 0) is 14.7 Å². The van der Waals surface area contributed by atoms with Gasteiger partial charge in [-0.25, -0.2) is 0 Å². The highest BCUT2D eigenvalue weighted by atomic mass is 16.7. The largest absolute Gasteiger partial charge is 0.495 e. The number of anilines is 6. The summed E-state index contributed by atoms with van der Waals surface area (Å²) in [6, 6.07) is 154. The van der Waals surface area contributed by atoms with Crippen molar-refractivity contribution in [3.05, 3.63) is 441 Å². The van der Waals surface area contributed by atoms with E-state index in [1.165, 1.54) is 61.2 Å². The van der Waals surface area contributed by atoms with Crippen molar-refractivity contribution in [2.45, 2.75) is 44.3 Å². The summed E-state index contributed by atoms with van der Waals surface area (Å²) in [6.07, 6.45) is 0. The number of fused-ring (bicyclic) bond motifs is 8. The minimum absolute atomic E-state index is 0.490. The summed E-state index contributed by atoms with van der Waals surface area (Å²) in [6.45, 7) is 8.46. The van der Waals surface area contributed by atoms with Gasteiger partial charge in [-0.1, -0.05) is 346 Å². The van der Waals surface area contributed by atoms with Crippen LogP contribution in [0.5, 0.6) is 0 Å². The topological polar surface area (TPSA) is 38.1 Å². The van der Waals surface area contributed by atoms with E-state index in [-0.39, 0.29) is 0 Å². The van der Waals surface area contributed by atoms with Crippen LogP contribution in [0.15, 0.2) is 423 Å². The Hall–Kier alpha value is -14.1. The summed E-state index contributed by atoms with van der Waals surface area (Å²) < 4.78 is 20.5. The molecule has 1 fully saturated rings. The van der Waals surface area contributed by atoms with E-state index >= 15 is 0 Å². The summed E-state index contributed by atoms with van der Waals surface area (Å²) in [7, 11) is -0.523. The Morgan fingerprint density at radius 1 is 0.248 bits per heavy atom. The molecule has 1 aliphatic carbocycles. The first kappa shape index (κ1) is 70.7. The van der Waals surface area contributed by atoms with Crippen LogP contribution in [-0.4, -0.2) is 18.3 Å². The molecule has 5 nitrogen and oxygen atoms in total. The average Bonchev–Trinajstić information content (AvgIpc) is 1.52. The Balaban J connectivity index is 0.714. The van der Waals surface area contributed by atoms with Crippen LogP contribution in [0.4, 0.5) is 34.1 Å². The minimum Gasteiger partial charge on any atom is -0.455 e. The molecule has 0 atom stereocenters. The minimum atomic E-state index is -0.847. The third-order valence-electron chi connectivity index (χ3n) is 24.9. The molecule has 1 aliphatic heterocycles. The molecule has 0 spiro atoms. The van der Waals surface area contributed by atoms with E-state index in [2.05, 4.69) is 456 Å². The molecule has 19 aromatic rings. The van der Waals surface area contributed by atoms with E-state index < -0.39 is 23.7 Å². The van der Waals surface area contributed by atoms with Crippen LogP contribution < -0.4 is 15.3 Å². The van der Waals surface area contributed by atoms with Crippen molar-refractivity contribution in [2.24, 2.45) is 0 Å². The maximum absolute atomic E-state index is 7.05. The number of para-hydroxylation sites is 2. The van der Waals surface area contributed by atoms with Gasteiger partial charge in [-0.3, -0.25) is 0 Å². The van der Waals surface area contributed by atoms with Crippen LogP contribution in [0.1, 0.15) is 49.9 Å². The van der Waals surface area contributed by atoms with Crippen LogP contribution in [0, 0.1) is 0 Å². The van der Waals surface area contributed by atoms with Crippen molar-refractivity contribution in [1.29, 1.82) is 0 Å². The van der Waals surface area contributed by atoms with Crippen molar-refractivity contribution in [2.75, 3.05) is 9.80 Å². The molecule has 117 heavy (non-hydrogen) atoms. The monoisotopic (exact) mass is 1500 g/mol. The fourth-order valence-corrected chi connectivity index (χ4v) is 18.4. The van der Waals surface area contributed by atoms with Gasteiger partial charge in [-0.05, 0) is 222 Å². The summed E-state index contributed by atoms with van der Waals surface area (Å²) in [5, 5.41) is 6.66. The normalized spacial score (nSPS) is 13.8. The molecular formula is C111H81BN2O3. The van der Waals surface area contributed by atoms with Gasteiger partial charge in [0.25, 0.3) is 0 Å². The Morgan fingerprint density at radius 3 is 1.10 bits per heavy atom. The van der Waals surface area contributed by atoms with Crippen molar-refractivity contribution in [3.63, 3.8) is 0 Å². The van der Waals surface area contributed by atoms with E-state index in [9.17, 15) is 0 Å². The first-order chi connectivity index (χ1) is 57.5. The zero-order valence-corrected chi connectivity index (χ0v) is 65.5. The second-order valence-corrected chi connectivity index (χ2v) is 32.0. The number of hydrogen-bond donors (Lipinski definition) is 0. The molecule has 0 saturated carbocycles. The fourth-order valence-electron chi connectivity index (χ4n) is 18.4. The van der Waals surface area contributed by atoms with Gasteiger partial charge < -0.3 is 23.5 Å². The second kappa shape index (κ2) is 28.7. The van der Waals surface area contributed by atoms with Gasteiger partial charge in [0.05, 0.1) is 28.0 Å². The van der Waals surface area contributed by atoms with Crippen LogP contribution in [0.3, 0.4) is 0 Å². The molecule has 6 heteroatoms. The summed E-state index contributed by atoms with van der Waals surface area (Å²) in [5.74, 6) is 0. The maximum atomic E-state index is 7.05. The van der Waals surface area contributed by atoms with Crippen molar-refractivity contribution < 1.29 is 13.7 Å². The zero-order chi connectivity index (χ0) is 78.4. The van der Waals surface area contributed by atoms with Crippen molar-refractivity contribution in [3.8, 4) is 89.0 Å². The molecule has 21 rings (SSSR count). The number of nitrogens with zero attached hydrogens (tertiary/aromatic N) is 2. The molecule has 556 valence electrons. The molecule has 2 heterocycles.